The first-order valence-electron chi connectivity index (χ1n) is 4.63. The Morgan fingerprint density at radius 2 is 2.06 bits per heavy atom. The summed E-state index contributed by atoms with van der Waals surface area (Å²) in [7, 11) is 0. The van der Waals surface area contributed by atoms with E-state index in [1.54, 1.807) is 24.3 Å². The summed E-state index contributed by atoms with van der Waals surface area (Å²) in [6, 6.07) is 6.47. The molecule has 0 heterocycles. The van der Waals surface area contributed by atoms with Gasteiger partial charge < -0.3 is 5.32 Å². The first-order chi connectivity index (χ1) is 7.49. The van der Waals surface area contributed by atoms with Crippen molar-refractivity contribution in [1.29, 1.82) is 0 Å². The van der Waals surface area contributed by atoms with Crippen LogP contribution < -0.4 is 5.32 Å². The molecular formula is C10H11BrN2O3. The minimum absolute atomic E-state index is 0.283. The van der Waals surface area contributed by atoms with E-state index in [1.807, 2.05) is 0 Å². The summed E-state index contributed by atoms with van der Waals surface area (Å²) in [5, 5.41) is 13.0. The zero-order chi connectivity index (χ0) is 12.1. The molecule has 1 aromatic carbocycles. The van der Waals surface area contributed by atoms with Crippen molar-refractivity contribution < 1.29 is 9.72 Å². The molecule has 0 radical (unpaired) electrons. The second-order valence-electron chi connectivity index (χ2n) is 3.32. The third-order valence-electron chi connectivity index (χ3n) is 1.98. The lowest BCUT2D eigenvalue weighted by molar-refractivity contribution is -0.484. The van der Waals surface area contributed by atoms with E-state index in [0.717, 1.165) is 10.0 Å². The van der Waals surface area contributed by atoms with Gasteiger partial charge in [0.05, 0.1) is 0 Å². The summed E-state index contributed by atoms with van der Waals surface area (Å²) in [4.78, 5) is 21.0. The Morgan fingerprint density at radius 3 is 2.50 bits per heavy atom. The largest absolute Gasteiger partial charge is 0.343 e. The molecule has 0 aliphatic heterocycles. The number of amides is 1. The Bertz CT molecular complexity index is 376. The monoisotopic (exact) mass is 286 g/mol. The maximum absolute atomic E-state index is 10.9. The Balaban J connectivity index is 2.86. The van der Waals surface area contributed by atoms with Gasteiger partial charge in [0.1, 0.15) is 6.04 Å². The number of nitrogens with zero attached hydrogens (tertiary/aromatic N) is 1. The van der Waals surface area contributed by atoms with Crippen molar-refractivity contribution in [2.75, 3.05) is 6.54 Å². The molecule has 5 nitrogen and oxygen atoms in total. The van der Waals surface area contributed by atoms with E-state index in [2.05, 4.69) is 21.2 Å². The van der Waals surface area contributed by atoms with Crippen molar-refractivity contribution in [3.63, 3.8) is 0 Å². The predicted octanol–water partition coefficient (Wildman–Crippen LogP) is 1.90. The van der Waals surface area contributed by atoms with E-state index >= 15 is 0 Å². The SMILES string of the molecule is CC(=O)N[C@H](C[N+](=O)[O-])c1ccc(Br)cc1. The van der Waals surface area contributed by atoms with Crippen LogP contribution in [0.5, 0.6) is 0 Å². The van der Waals surface area contributed by atoms with Gasteiger partial charge in [-0.1, -0.05) is 28.1 Å². The van der Waals surface area contributed by atoms with Crippen LogP contribution in [0.25, 0.3) is 0 Å². The molecule has 1 N–H and O–H groups in total. The normalized spacial score (nSPS) is 11.9. The number of halogens is 1. The topological polar surface area (TPSA) is 72.2 Å². The van der Waals surface area contributed by atoms with E-state index in [4.69, 9.17) is 0 Å². The Morgan fingerprint density at radius 1 is 1.50 bits per heavy atom. The Hall–Kier alpha value is -1.43. The Kier molecular flexibility index (Phi) is 4.42. The number of hydrogen-bond acceptors (Lipinski definition) is 3. The van der Waals surface area contributed by atoms with Crippen LogP contribution in [0.2, 0.25) is 0 Å². The first-order valence-corrected chi connectivity index (χ1v) is 5.42. The molecule has 1 atom stereocenters. The molecular weight excluding hydrogens is 276 g/mol. The molecule has 0 aliphatic rings. The average molecular weight is 287 g/mol. The van der Waals surface area contributed by atoms with Crippen LogP contribution in [-0.2, 0) is 4.79 Å². The highest BCUT2D eigenvalue weighted by Crippen LogP contribution is 2.17. The van der Waals surface area contributed by atoms with Gasteiger partial charge in [0.25, 0.3) is 0 Å². The van der Waals surface area contributed by atoms with Crippen molar-refractivity contribution in [3.8, 4) is 0 Å². The number of nitro groups is 1. The van der Waals surface area contributed by atoms with Crippen LogP contribution in [0.3, 0.4) is 0 Å². The number of carbonyl (C=O) groups excluding carboxylic acids is 1. The van der Waals surface area contributed by atoms with Crippen LogP contribution in [0, 0.1) is 10.1 Å². The highest BCUT2D eigenvalue weighted by molar-refractivity contribution is 9.10. The van der Waals surface area contributed by atoms with Crippen molar-refractivity contribution in [3.05, 3.63) is 44.4 Å². The van der Waals surface area contributed by atoms with Crippen LogP contribution in [-0.4, -0.2) is 17.4 Å². The highest BCUT2D eigenvalue weighted by Gasteiger charge is 2.18. The molecule has 1 aromatic rings. The average Bonchev–Trinajstić information content (AvgIpc) is 2.16. The molecule has 0 saturated heterocycles. The summed E-state index contributed by atoms with van der Waals surface area (Å²) in [6.07, 6.45) is 0. The van der Waals surface area contributed by atoms with E-state index in [-0.39, 0.29) is 12.5 Å². The fraction of sp³-hybridized carbons (Fsp3) is 0.300. The number of benzene rings is 1. The standard InChI is InChI=1S/C10H11BrN2O3/c1-7(14)12-10(6-13(15)16)8-2-4-9(11)5-3-8/h2-5,10H,6H2,1H3,(H,12,14)/t10-/m1/s1. The predicted molar refractivity (Wildman–Crippen MR) is 62.6 cm³/mol. The number of nitrogens with one attached hydrogen (secondary N) is 1. The molecule has 6 heteroatoms. The lowest BCUT2D eigenvalue weighted by Gasteiger charge is -2.14. The van der Waals surface area contributed by atoms with E-state index < -0.39 is 11.0 Å². The molecule has 0 saturated carbocycles. The maximum atomic E-state index is 10.9. The molecule has 0 unspecified atom stereocenters. The first kappa shape index (κ1) is 12.6. The Labute approximate surface area is 101 Å². The van der Waals surface area contributed by atoms with Gasteiger partial charge in [-0.05, 0) is 17.7 Å². The van der Waals surface area contributed by atoms with Gasteiger partial charge in [-0.25, -0.2) is 0 Å². The van der Waals surface area contributed by atoms with Gasteiger partial charge >= 0.3 is 0 Å². The van der Waals surface area contributed by atoms with Gasteiger partial charge in [0, 0.05) is 16.3 Å². The molecule has 0 aliphatic carbocycles. The number of rotatable bonds is 4. The molecule has 0 spiro atoms. The van der Waals surface area contributed by atoms with Gasteiger partial charge in [-0.15, -0.1) is 0 Å². The summed E-state index contributed by atoms with van der Waals surface area (Å²) in [6.45, 7) is 1.02. The summed E-state index contributed by atoms with van der Waals surface area (Å²) >= 11 is 3.28. The molecule has 1 amide bonds. The molecule has 0 bridgehead atoms. The van der Waals surface area contributed by atoms with Crippen LogP contribution in [0.1, 0.15) is 18.5 Å². The minimum Gasteiger partial charge on any atom is -0.343 e. The summed E-state index contributed by atoms with van der Waals surface area (Å²) < 4.78 is 0.888. The highest BCUT2D eigenvalue weighted by atomic mass is 79.9. The fourth-order valence-electron chi connectivity index (χ4n) is 1.32. The van der Waals surface area contributed by atoms with E-state index in [0.29, 0.717) is 0 Å². The fourth-order valence-corrected chi connectivity index (χ4v) is 1.59. The quantitative estimate of drug-likeness (QED) is 0.679. The van der Waals surface area contributed by atoms with Crippen molar-refractivity contribution >= 4 is 21.8 Å². The van der Waals surface area contributed by atoms with Crippen molar-refractivity contribution in [2.45, 2.75) is 13.0 Å². The second-order valence-corrected chi connectivity index (χ2v) is 4.24. The number of hydrogen-bond donors (Lipinski definition) is 1. The number of carbonyl (C=O) groups is 1. The molecule has 16 heavy (non-hydrogen) atoms. The van der Waals surface area contributed by atoms with Crippen LogP contribution in [0.15, 0.2) is 28.7 Å². The zero-order valence-corrected chi connectivity index (χ0v) is 10.2. The molecule has 86 valence electrons. The third kappa shape index (κ3) is 3.98. The van der Waals surface area contributed by atoms with E-state index in [1.165, 1.54) is 6.92 Å². The lowest BCUT2D eigenvalue weighted by Crippen LogP contribution is -2.31. The minimum atomic E-state index is -0.583. The third-order valence-corrected chi connectivity index (χ3v) is 2.51. The van der Waals surface area contributed by atoms with Crippen LogP contribution >= 0.6 is 15.9 Å². The molecule has 0 fully saturated rings. The van der Waals surface area contributed by atoms with Gasteiger partial charge in [-0.3, -0.25) is 14.9 Å². The molecule has 1 rings (SSSR count). The van der Waals surface area contributed by atoms with Crippen LogP contribution in [0.4, 0.5) is 0 Å². The van der Waals surface area contributed by atoms with Gasteiger partial charge in [-0.2, -0.15) is 0 Å². The zero-order valence-electron chi connectivity index (χ0n) is 8.64. The summed E-state index contributed by atoms with van der Waals surface area (Å²) in [5.74, 6) is -0.283. The molecule has 0 aromatic heterocycles. The second kappa shape index (κ2) is 5.60. The smallest absolute Gasteiger partial charge is 0.227 e. The lowest BCUT2D eigenvalue weighted by atomic mass is 10.1. The van der Waals surface area contributed by atoms with Gasteiger partial charge in [0.15, 0.2) is 0 Å². The van der Waals surface area contributed by atoms with Crippen molar-refractivity contribution in [2.24, 2.45) is 0 Å². The van der Waals surface area contributed by atoms with Gasteiger partial charge in [0.2, 0.25) is 12.5 Å². The van der Waals surface area contributed by atoms with E-state index in [9.17, 15) is 14.9 Å². The maximum Gasteiger partial charge on any atom is 0.227 e. The summed E-state index contributed by atoms with van der Waals surface area (Å²) in [5.41, 5.74) is 0.718. The van der Waals surface area contributed by atoms with Crippen molar-refractivity contribution in [1.82, 2.24) is 5.32 Å².